The van der Waals surface area contributed by atoms with Crippen molar-refractivity contribution in [2.24, 2.45) is 0 Å². The molecule has 0 aliphatic carbocycles. The number of fused-ring (bicyclic) bond motifs is 6. The number of aromatic nitrogens is 4. The molecule has 0 unspecified atom stereocenters. The van der Waals surface area contributed by atoms with Gasteiger partial charge in [-0.1, -0.05) is 0 Å². The summed E-state index contributed by atoms with van der Waals surface area (Å²) in [5.41, 5.74) is 4.26. The van der Waals surface area contributed by atoms with Crippen LogP contribution in [0.25, 0.3) is 44.2 Å². The van der Waals surface area contributed by atoms with E-state index in [0.29, 0.717) is 23.1 Å². The van der Waals surface area contributed by atoms with Crippen molar-refractivity contribution >= 4 is 32.8 Å². The van der Waals surface area contributed by atoms with Gasteiger partial charge in [-0.15, -0.1) is 0 Å². The van der Waals surface area contributed by atoms with Crippen molar-refractivity contribution in [2.75, 3.05) is 21.3 Å². The summed E-state index contributed by atoms with van der Waals surface area (Å²) in [5, 5.41) is 1.92. The Hall–Kier alpha value is -3.87. The minimum absolute atomic E-state index is 0.541. The number of aromatic amines is 1. The number of hydrogen-bond donors (Lipinski definition) is 1. The van der Waals surface area contributed by atoms with E-state index in [1.165, 1.54) is 0 Å². The standard InChI is InChI=1S/C22H18N4O3/c1-27-15-10-12(11-16(28-2)21(15)29-3)22-25-19-13-6-4-8-23-17(13)18-14(20(19)26-22)7-5-9-24-18/h4-11H,1-3H3,(H,25,26). The van der Waals surface area contributed by atoms with Gasteiger partial charge in [-0.05, 0) is 36.4 Å². The smallest absolute Gasteiger partial charge is 0.203 e. The van der Waals surface area contributed by atoms with E-state index in [-0.39, 0.29) is 0 Å². The molecule has 0 amide bonds. The number of imidazole rings is 1. The molecule has 2 aromatic carbocycles. The molecule has 0 spiro atoms. The Morgan fingerprint density at radius 2 is 1.38 bits per heavy atom. The summed E-state index contributed by atoms with van der Waals surface area (Å²) < 4.78 is 16.4. The predicted octanol–water partition coefficient (Wildman–Crippen LogP) is 4.35. The maximum absolute atomic E-state index is 5.49. The lowest BCUT2D eigenvalue weighted by atomic mass is 10.1. The van der Waals surface area contributed by atoms with E-state index in [9.17, 15) is 0 Å². The third-order valence-corrected chi connectivity index (χ3v) is 5.01. The molecule has 5 aromatic rings. The largest absolute Gasteiger partial charge is 0.493 e. The second-order valence-electron chi connectivity index (χ2n) is 6.52. The highest BCUT2D eigenvalue weighted by Gasteiger charge is 2.18. The fraction of sp³-hybridized carbons (Fsp3) is 0.136. The highest BCUT2D eigenvalue weighted by Crippen LogP contribution is 2.41. The van der Waals surface area contributed by atoms with Gasteiger partial charge < -0.3 is 19.2 Å². The maximum Gasteiger partial charge on any atom is 0.203 e. The normalized spacial score (nSPS) is 11.3. The van der Waals surface area contributed by atoms with Crippen LogP contribution in [0.4, 0.5) is 0 Å². The second-order valence-corrected chi connectivity index (χ2v) is 6.52. The summed E-state index contributed by atoms with van der Waals surface area (Å²) in [6, 6.07) is 11.6. The van der Waals surface area contributed by atoms with Crippen molar-refractivity contribution in [1.29, 1.82) is 0 Å². The SMILES string of the molecule is COc1cc(-c2nc3c4cccnc4c4ncccc4c3[nH]2)cc(OC)c1OC. The first-order valence-electron chi connectivity index (χ1n) is 9.06. The lowest BCUT2D eigenvalue weighted by molar-refractivity contribution is 0.324. The second kappa shape index (κ2) is 6.63. The van der Waals surface area contributed by atoms with Crippen LogP contribution < -0.4 is 14.2 Å². The van der Waals surface area contributed by atoms with Crippen LogP contribution in [0, 0.1) is 0 Å². The molecule has 0 fully saturated rings. The monoisotopic (exact) mass is 386 g/mol. The van der Waals surface area contributed by atoms with Gasteiger partial charge in [0.05, 0.1) is 43.4 Å². The van der Waals surface area contributed by atoms with Gasteiger partial charge in [-0.2, -0.15) is 0 Å². The number of nitrogens with one attached hydrogen (secondary N) is 1. The first kappa shape index (κ1) is 17.2. The van der Waals surface area contributed by atoms with Crippen LogP contribution in [-0.2, 0) is 0 Å². The molecule has 7 heteroatoms. The molecule has 0 radical (unpaired) electrons. The molecule has 29 heavy (non-hydrogen) atoms. The van der Waals surface area contributed by atoms with Gasteiger partial charge >= 0.3 is 0 Å². The number of H-pyrrole nitrogens is 1. The first-order chi connectivity index (χ1) is 14.2. The molecule has 0 aliphatic rings. The topological polar surface area (TPSA) is 82.2 Å². The zero-order valence-electron chi connectivity index (χ0n) is 16.2. The van der Waals surface area contributed by atoms with E-state index in [1.807, 2.05) is 36.4 Å². The van der Waals surface area contributed by atoms with Crippen LogP contribution in [0.1, 0.15) is 0 Å². The van der Waals surface area contributed by atoms with Crippen LogP contribution in [0.15, 0.2) is 48.8 Å². The Morgan fingerprint density at radius 3 is 2.00 bits per heavy atom. The summed E-state index contributed by atoms with van der Waals surface area (Å²) in [5.74, 6) is 2.38. The predicted molar refractivity (Wildman–Crippen MR) is 112 cm³/mol. The van der Waals surface area contributed by atoms with Gasteiger partial charge in [0, 0.05) is 28.7 Å². The molecule has 0 aliphatic heterocycles. The summed E-state index contributed by atoms with van der Waals surface area (Å²) in [4.78, 5) is 17.4. The highest BCUT2D eigenvalue weighted by atomic mass is 16.5. The zero-order valence-corrected chi connectivity index (χ0v) is 16.2. The Bertz CT molecular complexity index is 1280. The highest BCUT2D eigenvalue weighted by molar-refractivity contribution is 6.21. The van der Waals surface area contributed by atoms with Gasteiger partial charge in [0.25, 0.3) is 0 Å². The van der Waals surface area contributed by atoms with E-state index in [4.69, 9.17) is 19.2 Å². The van der Waals surface area contributed by atoms with Crippen molar-refractivity contribution in [3.05, 3.63) is 48.8 Å². The van der Waals surface area contributed by atoms with Crippen molar-refractivity contribution in [2.45, 2.75) is 0 Å². The van der Waals surface area contributed by atoms with Crippen molar-refractivity contribution in [1.82, 2.24) is 19.9 Å². The van der Waals surface area contributed by atoms with E-state index in [1.54, 1.807) is 33.7 Å². The molecule has 5 rings (SSSR count). The minimum Gasteiger partial charge on any atom is -0.493 e. The quantitative estimate of drug-likeness (QED) is 0.462. The lowest BCUT2D eigenvalue weighted by Gasteiger charge is -2.13. The molecule has 0 atom stereocenters. The Balaban J connectivity index is 1.84. The number of hydrogen-bond acceptors (Lipinski definition) is 6. The molecule has 3 aromatic heterocycles. The van der Waals surface area contributed by atoms with Gasteiger partial charge in [-0.3, -0.25) is 9.97 Å². The third kappa shape index (κ3) is 2.55. The average Bonchev–Trinajstić information content (AvgIpc) is 3.24. The van der Waals surface area contributed by atoms with Gasteiger partial charge in [0.1, 0.15) is 5.82 Å². The van der Waals surface area contributed by atoms with Crippen molar-refractivity contribution in [3.8, 4) is 28.6 Å². The van der Waals surface area contributed by atoms with Crippen LogP contribution in [0.3, 0.4) is 0 Å². The van der Waals surface area contributed by atoms with E-state index >= 15 is 0 Å². The number of rotatable bonds is 4. The molecule has 0 saturated carbocycles. The first-order valence-corrected chi connectivity index (χ1v) is 9.06. The third-order valence-electron chi connectivity index (χ3n) is 5.01. The molecule has 3 heterocycles. The minimum atomic E-state index is 0.541. The molecule has 1 N–H and O–H groups in total. The molecular weight excluding hydrogens is 368 g/mol. The average molecular weight is 386 g/mol. The van der Waals surface area contributed by atoms with Crippen LogP contribution >= 0.6 is 0 Å². The van der Waals surface area contributed by atoms with Crippen molar-refractivity contribution < 1.29 is 14.2 Å². The summed E-state index contributed by atoms with van der Waals surface area (Å²) in [7, 11) is 4.77. The number of ether oxygens (including phenoxy) is 3. The maximum atomic E-state index is 5.49. The Kier molecular flexibility index (Phi) is 3.94. The Morgan fingerprint density at radius 1 is 0.759 bits per heavy atom. The fourth-order valence-corrected chi connectivity index (χ4v) is 3.70. The van der Waals surface area contributed by atoms with Crippen LogP contribution in [-0.4, -0.2) is 41.3 Å². The van der Waals surface area contributed by atoms with Crippen LogP contribution in [0.2, 0.25) is 0 Å². The van der Waals surface area contributed by atoms with Gasteiger partial charge in [0.2, 0.25) is 5.75 Å². The summed E-state index contributed by atoms with van der Waals surface area (Å²) >= 11 is 0. The molecular formula is C22H18N4O3. The number of methoxy groups -OCH3 is 3. The molecule has 7 nitrogen and oxygen atoms in total. The fourth-order valence-electron chi connectivity index (χ4n) is 3.70. The van der Waals surface area contributed by atoms with Gasteiger partial charge in [0.15, 0.2) is 11.5 Å². The van der Waals surface area contributed by atoms with Gasteiger partial charge in [-0.25, -0.2) is 4.98 Å². The van der Waals surface area contributed by atoms with E-state index < -0.39 is 0 Å². The van der Waals surface area contributed by atoms with E-state index in [0.717, 1.165) is 38.4 Å². The number of benzene rings is 2. The van der Waals surface area contributed by atoms with Crippen molar-refractivity contribution in [3.63, 3.8) is 0 Å². The van der Waals surface area contributed by atoms with E-state index in [2.05, 4.69) is 15.0 Å². The zero-order chi connectivity index (χ0) is 20.0. The summed E-state index contributed by atoms with van der Waals surface area (Å²) in [6.07, 6.45) is 3.55. The molecule has 0 bridgehead atoms. The van der Waals surface area contributed by atoms with Crippen LogP contribution in [0.5, 0.6) is 17.2 Å². The number of nitrogens with zero attached hydrogens (tertiary/aromatic N) is 3. The molecule has 0 saturated heterocycles. The lowest BCUT2D eigenvalue weighted by Crippen LogP contribution is -1.96. The Labute approximate surface area is 166 Å². The molecule has 144 valence electrons. The summed E-state index contributed by atoms with van der Waals surface area (Å²) in [6.45, 7) is 0. The number of pyridine rings is 2.